The quantitative estimate of drug-likeness (QED) is 0.0680. The Morgan fingerprint density at radius 2 is 1.27 bits per heavy atom. The zero-order chi connectivity index (χ0) is 54.9. The number of aliphatic hydroxyl groups excluding tert-OH is 12. The standard InChI is InChI=1S/C53H86O22/c1-22-11-16-53(47(66)75-45-40(65)37(62)34(59)27(72-45)21-69-43-38(63)36(61)33(58)26(19-54)71-43)18-17-50(6)24(42(53)52(22,8)67)9-10-29-49(5)14-13-30(48(3,4)28(49)12-15-51(29,50)7)73-46-41(32(57)25(55)20-68-46)74-44-39(64)35(60)31(56)23(2)70-44/h9,22-23,25-46,54-65,67H,10-21H2,1-8H3/t22-,23+,25+,26-,27-,28+,29-,30+,31+,32+,33-,34-,35-,36-,37+,38-,39-,40-,41-,42+,43-,44+,45+,46+,49+,50-,51-,52-,53+/m1/s1. The van der Waals surface area contributed by atoms with E-state index in [2.05, 4.69) is 40.7 Å². The van der Waals surface area contributed by atoms with Crippen molar-refractivity contribution in [2.75, 3.05) is 19.8 Å². The number of allylic oxidation sites excluding steroid dienone is 1. The van der Waals surface area contributed by atoms with E-state index in [9.17, 15) is 66.4 Å². The largest absolute Gasteiger partial charge is 0.432 e. The first-order valence-corrected chi connectivity index (χ1v) is 27.3. The summed E-state index contributed by atoms with van der Waals surface area (Å²) in [7, 11) is 0. The van der Waals surface area contributed by atoms with Gasteiger partial charge >= 0.3 is 5.97 Å². The van der Waals surface area contributed by atoms with Gasteiger partial charge in [-0.1, -0.05) is 53.2 Å². The SMILES string of the molecule is C[C@@H]1O[C@@H](O[C@H]2[C@H](O[C@H]3CC[C@]4(C)[C@H]5CC=C6[C@@H]7[C@](C(=O)O[C@@H]8O[C@H](CO[C@@H]9O[C@H](CO)[C@@H](O)[C@@H](O)[C@H]9O)[C@@H](O)[C@H](O)[C@H]8O)(CC[C@@H](C)[C@@]7(C)O)CC[C@@]6(C)[C@]5(C)CC[C@H]4C3(C)C)OC[C@H](O)[C@@H]2O)[C@H](O)[C@H](O)[C@H]1O. The lowest BCUT2D eigenvalue weighted by atomic mass is 9.33. The normalized spacial score (nSPS) is 55.8. The van der Waals surface area contributed by atoms with Crippen LogP contribution in [0, 0.1) is 50.7 Å². The summed E-state index contributed by atoms with van der Waals surface area (Å²) in [5.41, 5.74) is -3.14. The Labute approximate surface area is 437 Å². The molecule has 0 bridgehead atoms. The Morgan fingerprint density at radius 3 is 1.95 bits per heavy atom. The van der Waals surface area contributed by atoms with Crippen LogP contribution in [0.1, 0.15) is 113 Å². The third-order valence-corrected chi connectivity index (χ3v) is 21.4. The van der Waals surface area contributed by atoms with Gasteiger partial charge in [-0.15, -0.1) is 0 Å². The minimum atomic E-state index is -1.89. The molecule has 75 heavy (non-hydrogen) atoms. The molecule has 4 heterocycles. The summed E-state index contributed by atoms with van der Waals surface area (Å²) in [6.45, 7) is 15.1. The number of hydrogen-bond acceptors (Lipinski definition) is 22. The van der Waals surface area contributed by atoms with Crippen molar-refractivity contribution in [3.8, 4) is 0 Å². The number of carbonyl (C=O) groups is 1. The lowest BCUT2D eigenvalue weighted by molar-refractivity contribution is -0.364. The lowest BCUT2D eigenvalue weighted by Crippen LogP contribution is -2.68. The highest BCUT2D eigenvalue weighted by molar-refractivity contribution is 5.79. The van der Waals surface area contributed by atoms with E-state index in [-0.39, 0.29) is 35.2 Å². The summed E-state index contributed by atoms with van der Waals surface area (Å²) < 4.78 is 47.7. The van der Waals surface area contributed by atoms with Crippen molar-refractivity contribution in [2.45, 2.75) is 242 Å². The van der Waals surface area contributed by atoms with Gasteiger partial charge in [0.2, 0.25) is 6.29 Å². The Hall–Kier alpha value is -1.59. The van der Waals surface area contributed by atoms with Gasteiger partial charge in [-0.25, -0.2) is 0 Å². The van der Waals surface area contributed by atoms with Crippen LogP contribution >= 0.6 is 0 Å². The molecule has 13 N–H and O–H groups in total. The van der Waals surface area contributed by atoms with Gasteiger partial charge in [-0.05, 0) is 111 Å². The molecule has 0 radical (unpaired) electrons. The summed E-state index contributed by atoms with van der Waals surface area (Å²) >= 11 is 0. The molecule has 4 aliphatic heterocycles. The van der Waals surface area contributed by atoms with E-state index in [1.165, 1.54) is 6.92 Å². The summed E-state index contributed by atoms with van der Waals surface area (Å²) in [4.78, 5) is 15.1. The summed E-state index contributed by atoms with van der Waals surface area (Å²) in [6, 6.07) is 0. The van der Waals surface area contributed by atoms with Crippen LogP contribution in [-0.2, 0) is 42.7 Å². The van der Waals surface area contributed by atoms with Crippen LogP contribution in [0.2, 0.25) is 0 Å². The molecule has 0 aromatic carbocycles. The molecule has 5 aliphatic carbocycles. The van der Waals surface area contributed by atoms with E-state index in [1.807, 2.05) is 6.92 Å². The van der Waals surface area contributed by atoms with Gasteiger partial charge in [0.05, 0.1) is 43.0 Å². The number of fused-ring (bicyclic) bond motifs is 7. The topological polar surface area (TPSA) is 354 Å². The molecule has 4 saturated carbocycles. The molecule has 22 nitrogen and oxygen atoms in total. The monoisotopic (exact) mass is 1070 g/mol. The van der Waals surface area contributed by atoms with E-state index in [1.54, 1.807) is 6.92 Å². The highest BCUT2D eigenvalue weighted by Crippen LogP contribution is 2.76. The zero-order valence-electron chi connectivity index (χ0n) is 44.4. The fourth-order valence-electron chi connectivity index (χ4n) is 16.3. The van der Waals surface area contributed by atoms with Crippen LogP contribution in [-0.4, -0.2) is 221 Å². The highest BCUT2D eigenvalue weighted by atomic mass is 16.8. The third-order valence-electron chi connectivity index (χ3n) is 21.4. The molecular weight excluding hydrogens is 989 g/mol. The molecule has 9 rings (SSSR count). The summed E-state index contributed by atoms with van der Waals surface area (Å²) in [5.74, 6) is -1.35. The maximum Gasteiger partial charge on any atom is 0.315 e. The first-order chi connectivity index (χ1) is 35.0. The molecule has 29 atom stereocenters. The van der Waals surface area contributed by atoms with E-state index in [4.69, 9.17) is 37.9 Å². The Bertz CT molecular complexity index is 2080. The molecular formula is C53H86O22. The van der Waals surface area contributed by atoms with Gasteiger partial charge < -0.3 is 104 Å². The third kappa shape index (κ3) is 9.21. The summed E-state index contributed by atoms with van der Waals surface area (Å²) in [6.07, 6.45) is -21.8. The number of esters is 1. The molecule has 0 aromatic rings. The van der Waals surface area contributed by atoms with Crippen LogP contribution in [0.4, 0.5) is 0 Å². The second-order valence-corrected chi connectivity index (χ2v) is 25.5. The molecule has 4 saturated heterocycles. The molecule has 0 spiro atoms. The van der Waals surface area contributed by atoms with Crippen LogP contribution < -0.4 is 0 Å². The number of aliphatic hydroxyl groups is 13. The van der Waals surface area contributed by atoms with Crippen molar-refractivity contribution in [3.63, 3.8) is 0 Å². The number of carbonyl (C=O) groups excluding carboxylic acids is 1. The second-order valence-electron chi connectivity index (χ2n) is 25.5. The molecule has 0 aromatic heterocycles. The second kappa shape index (κ2) is 20.7. The van der Waals surface area contributed by atoms with Crippen molar-refractivity contribution in [1.29, 1.82) is 0 Å². The maximum atomic E-state index is 15.1. The minimum absolute atomic E-state index is 0.137. The van der Waals surface area contributed by atoms with Gasteiger partial charge in [-0.2, -0.15) is 0 Å². The number of rotatable bonds is 10. The van der Waals surface area contributed by atoms with Crippen molar-refractivity contribution in [3.05, 3.63) is 11.6 Å². The lowest BCUT2D eigenvalue weighted by Gasteiger charge is -2.72. The number of ether oxygens (including phenoxy) is 8. The highest BCUT2D eigenvalue weighted by Gasteiger charge is 2.72. The van der Waals surface area contributed by atoms with Crippen LogP contribution in [0.25, 0.3) is 0 Å². The zero-order valence-corrected chi connectivity index (χ0v) is 44.4. The molecule has 9 aliphatic rings. The van der Waals surface area contributed by atoms with E-state index in [0.717, 1.165) is 24.8 Å². The Balaban J connectivity index is 0.937. The van der Waals surface area contributed by atoms with Crippen LogP contribution in [0.15, 0.2) is 11.6 Å². The Morgan fingerprint density at radius 1 is 0.640 bits per heavy atom. The van der Waals surface area contributed by atoms with E-state index in [0.29, 0.717) is 38.5 Å². The minimum Gasteiger partial charge on any atom is -0.432 e. The van der Waals surface area contributed by atoms with Crippen LogP contribution in [0.3, 0.4) is 0 Å². The van der Waals surface area contributed by atoms with Gasteiger partial charge in [0.25, 0.3) is 0 Å². The summed E-state index contributed by atoms with van der Waals surface area (Å²) in [5, 5.41) is 140. The van der Waals surface area contributed by atoms with Crippen molar-refractivity contribution in [2.24, 2.45) is 50.7 Å². The first-order valence-electron chi connectivity index (χ1n) is 27.3. The average Bonchev–Trinajstić information content (AvgIpc) is 3.36. The fraction of sp³-hybridized carbons (Fsp3) is 0.943. The predicted molar refractivity (Wildman–Crippen MR) is 257 cm³/mol. The van der Waals surface area contributed by atoms with Gasteiger partial charge in [-0.3, -0.25) is 4.79 Å². The smallest absolute Gasteiger partial charge is 0.315 e. The van der Waals surface area contributed by atoms with E-state index < -0.39 is 170 Å². The van der Waals surface area contributed by atoms with E-state index >= 15 is 4.79 Å². The Kier molecular flexibility index (Phi) is 16.1. The predicted octanol–water partition coefficient (Wildman–Crippen LogP) is -1.40. The molecule has 430 valence electrons. The molecule has 22 heteroatoms. The van der Waals surface area contributed by atoms with Crippen molar-refractivity contribution >= 4 is 5.97 Å². The first kappa shape index (κ1) is 58.1. The maximum absolute atomic E-state index is 15.1. The van der Waals surface area contributed by atoms with Crippen molar-refractivity contribution < 1.29 is 109 Å². The van der Waals surface area contributed by atoms with Gasteiger partial charge in [0.15, 0.2) is 18.9 Å². The fourth-order valence-corrected chi connectivity index (χ4v) is 16.3. The average molecular weight is 1080 g/mol. The van der Waals surface area contributed by atoms with Gasteiger partial charge in [0.1, 0.15) is 85.5 Å². The van der Waals surface area contributed by atoms with Crippen molar-refractivity contribution in [1.82, 2.24) is 0 Å². The molecule has 0 unspecified atom stereocenters. The molecule has 8 fully saturated rings. The van der Waals surface area contributed by atoms with Gasteiger partial charge in [0, 0.05) is 5.92 Å². The van der Waals surface area contributed by atoms with Crippen LogP contribution in [0.5, 0.6) is 0 Å². The number of hydrogen-bond donors (Lipinski definition) is 13. The molecule has 0 amide bonds.